The van der Waals surface area contributed by atoms with Crippen molar-refractivity contribution in [3.63, 3.8) is 0 Å². The maximum absolute atomic E-state index is 12.1. The first-order valence-electron chi connectivity index (χ1n) is 6.19. The van der Waals surface area contributed by atoms with Crippen LogP contribution in [0.4, 0.5) is 5.69 Å². The monoisotopic (exact) mass is 269 g/mol. The second kappa shape index (κ2) is 5.57. The predicted molar refractivity (Wildman–Crippen MR) is 77.2 cm³/mol. The van der Waals surface area contributed by atoms with Crippen molar-refractivity contribution >= 4 is 17.4 Å². The van der Waals surface area contributed by atoms with Crippen LogP contribution in [0.25, 0.3) is 0 Å². The standard InChI is InChI=1S/C16H15NO3/c1-10-6-7-13(9-15(10)19)16(20)17-14-5-3-4-12(8-14)11(2)18/h3-9,19H,1-2H3,(H,17,20). The Morgan fingerprint density at radius 1 is 1.05 bits per heavy atom. The van der Waals surface area contributed by atoms with Crippen molar-refractivity contribution < 1.29 is 14.7 Å². The van der Waals surface area contributed by atoms with Gasteiger partial charge in [0.05, 0.1) is 0 Å². The molecule has 4 nitrogen and oxygen atoms in total. The van der Waals surface area contributed by atoms with Crippen molar-refractivity contribution in [2.45, 2.75) is 13.8 Å². The van der Waals surface area contributed by atoms with E-state index >= 15 is 0 Å². The molecule has 0 spiro atoms. The SMILES string of the molecule is CC(=O)c1cccc(NC(=O)c2ccc(C)c(O)c2)c1. The lowest BCUT2D eigenvalue weighted by molar-refractivity contribution is 0.101. The van der Waals surface area contributed by atoms with Crippen LogP contribution in [0.15, 0.2) is 42.5 Å². The number of amides is 1. The largest absolute Gasteiger partial charge is 0.508 e. The molecule has 2 N–H and O–H groups in total. The van der Waals surface area contributed by atoms with Crippen LogP contribution in [0.5, 0.6) is 5.75 Å². The van der Waals surface area contributed by atoms with Gasteiger partial charge in [0.25, 0.3) is 5.91 Å². The number of phenolic OH excluding ortho intramolecular Hbond substituents is 1. The van der Waals surface area contributed by atoms with Gasteiger partial charge in [0, 0.05) is 16.8 Å². The van der Waals surface area contributed by atoms with Crippen molar-refractivity contribution in [2.75, 3.05) is 5.32 Å². The molecule has 0 fully saturated rings. The quantitative estimate of drug-likeness (QED) is 0.841. The number of carbonyl (C=O) groups excluding carboxylic acids is 2. The normalized spacial score (nSPS) is 10.1. The minimum absolute atomic E-state index is 0.0610. The fourth-order valence-corrected chi connectivity index (χ4v) is 1.77. The number of benzene rings is 2. The van der Waals surface area contributed by atoms with Crippen molar-refractivity contribution in [3.8, 4) is 5.75 Å². The Kier molecular flexibility index (Phi) is 3.84. The highest BCUT2D eigenvalue weighted by Gasteiger charge is 2.09. The van der Waals surface area contributed by atoms with E-state index < -0.39 is 0 Å². The third-order valence-corrected chi connectivity index (χ3v) is 3.00. The lowest BCUT2D eigenvalue weighted by atomic mass is 10.1. The highest BCUT2D eigenvalue weighted by atomic mass is 16.3. The van der Waals surface area contributed by atoms with E-state index in [2.05, 4.69) is 5.32 Å². The summed E-state index contributed by atoms with van der Waals surface area (Å²) in [6.45, 7) is 3.23. The Bertz CT molecular complexity index is 677. The van der Waals surface area contributed by atoms with E-state index in [1.165, 1.54) is 13.0 Å². The molecule has 2 aromatic carbocycles. The van der Waals surface area contributed by atoms with Gasteiger partial charge in [-0.25, -0.2) is 0 Å². The molecular weight excluding hydrogens is 254 g/mol. The molecule has 0 bridgehead atoms. The van der Waals surface area contributed by atoms with Crippen LogP contribution in [0.3, 0.4) is 0 Å². The van der Waals surface area contributed by atoms with Crippen LogP contribution in [-0.2, 0) is 0 Å². The third kappa shape index (κ3) is 3.03. The van der Waals surface area contributed by atoms with Crippen LogP contribution in [-0.4, -0.2) is 16.8 Å². The average molecular weight is 269 g/mol. The number of hydrogen-bond acceptors (Lipinski definition) is 3. The van der Waals surface area contributed by atoms with Crippen molar-refractivity contribution in [1.82, 2.24) is 0 Å². The number of nitrogens with one attached hydrogen (secondary N) is 1. The van der Waals surface area contributed by atoms with Gasteiger partial charge < -0.3 is 10.4 Å². The second-order valence-electron chi connectivity index (χ2n) is 4.59. The van der Waals surface area contributed by atoms with Crippen molar-refractivity contribution in [1.29, 1.82) is 0 Å². The molecule has 0 aliphatic heterocycles. The Hall–Kier alpha value is -2.62. The van der Waals surface area contributed by atoms with E-state index in [9.17, 15) is 14.7 Å². The molecule has 0 aliphatic carbocycles. The highest BCUT2D eigenvalue weighted by Crippen LogP contribution is 2.19. The van der Waals surface area contributed by atoms with Crippen LogP contribution >= 0.6 is 0 Å². The number of carbonyl (C=O) groups is 2. The molecule has 0 radical (unpaired) electrons. The Balaban J connectivity index is 2.21. The summed E-state index contributed by atoms with van der Waals surface area (Å²) >= 11 is 0. The van der Waals surface area contributed by atoms with Gasteiger partial charge in [0.1, 0.15) is 5.75 Å². The first-order valence-corrected chi connectivity index (χ1v) is 6.19. The molecule has 0 saturated carbocycles. The number of hydrogen-bond donors (Lipinski definition) is 2. The lowest BCUT2D eigenvalue weighted by Gasteiger charge is -2.07. The fraction of sp³-hybridized carbons (Fsp3) is 0.125. The molecule has 2 aromatic rings. The fourth-order valence-electron chi connectivity index (χ4n) is 1.77. The molecule has 1 amide bonds. The zero-order valence-corrected chi connectivity index (χ0v) is 11.3. The van der Waals surface area contributed by atoms with Gasteiger partial charge in [-0.2, -0.15) is 0 Å². The van der Waals surface area contributed by atoms with E-state index in [-0.39, 0.29) is 17.4 Å². The Labute approximate surface area is 117 Å². The summed E-state index contributed by atoms with van der Waals surface area (Å²) in [5.74, 6) is -0.315. The number of aromatic hydroxyl groups is 1. The van der Waals surface area contributed by atoms with Crippen LogP contribution in [0.1, 0.15) is 33.2 Å². The van der Waals surface area contributed by atoms with E-state index in [1.807, 2.05) is 0 Å². The number of aryl methyl sites for hydroxylation is 1. The maximum atomic E-state index is 12.1. The van der Waals surface area contributed by atoms with Gasteiger partial charge in [-0.3, -0.25) is 9.59 Å². The number of ketones is 1. The Morgan fingerprint density at radius 2 is 1.80 bits per heavy atom. The second-order valence-corrected chi connectivity index (χ2v) is 4.59. The summed E-state index contributed by atoms with van der Waals surface area (Å²) in [7, 11) is 0. The maximum Gasteiger partial charge on any atom is 0.255 e. The molecule has 0 heterocycles. The zero-order valence-electron chi connectivity index (χ0n) is 11.3. The van der Waals surface area contributed by atoms with Gasteiger partial charge in [-0.05, 0) is 43.7 Å². The van der Waals surface area contributed by atoms with Gasteiger partial charge >= 0.3 is 0 Å². The lowest BCUT2D eigenvalue weighted by Crippen LogP contribution is -2.12. The summed E-state index contributed by atoms with van der Waals surface area (Å²) in [5.41, 5.74) is 2.15. The zero-order chi connectivity index (χ0) is 14.7. The number of phenols is 1. The molecule has 0 atom stereocenters. The van der Waals surface area contributed by atoms with Gasteiger partial charge in [-0.1, -0.05) is 18.2 Å². The first-order chi connectivity index (χ1) is 9.47. The van der Waals surface area contributed by atoms with Gasteiger partial charge in [-0.15, -0.1) is 0 Å². The molecule has 0 unspecified atom stereocenters. The molecule has 0 aromatic heterocycles. The van der Waals surface area contributed by atoms with Crippen molar-refractivity contribution in [2.24, 2.45) is 0 Å². The van der Waals surface area contributed by atoms with Crippen LogP contribution in [0.2, 0.25) is 0 Å². The first kappa shape index (κ1) is 13.8. The average Bonchev–Trinajstić information content (AvgIpc) is 2.42. The van der Waals surface area contributed by atoms with E-state index in [0.29, 0.717) is 22.4 Å². The van der Waals surface area contributed by atoms with Gasteiger partial charge in [0.15, 0.2) is 5.78 Å². The van der Waals surface area contributed by atoms with Crippen LogP contribution < -0.4 is 5.32 Å². The molecular formula is C16H15NO3. The van der Waals surface area contributed by atoms with E-state index in [1.54, 1.807) is 43.3 Å². The molecule has 0 saturated heterocycles. The molecule has 0 aliphatic rings. The van der Waals surface area contributed by atoms with Crippen LogP contribution in [0, 0.1) is 6.92 Å². The number of rotatable bonds is 3. The summed E-state index contributed by atoms with van der Waals surface area (Å²) in [5, 5.41) is 12.3. The van der Waals surface area contributed by atoms with Crippen molar-refractivity contribution in [3.05, 3.63) is 59.2 Å². The summed E-state index contributed by atoms with van der Waals surface area (Å²) in [4.78, 5) is 23.3. The topological polar surface area (TPSA) is 66.4 Å². The number of anilines is 1. The number of Topliss-reactive ketones (excluding diaryl/α,β-unsaturated/α-hetero) is 1. The molecule has 20 heavy (non-hydrogen) atoms. The minimum atomic E-state index is -0.332. The Morgan fingerprint density at radius 3 is 2.45 bits per heavy atom. The summed E-state index contributed by atoms with van der Waals surface area (Å²) in [6, 6.07) is 11.5. The molecule has 102 valence electrons. The van der Waals surface area contributed by atoms with E-state index in [0.717, 1.165) is 0 Å². The molecule has 2 rings (SSSR count). The summed E-state index contributed by atoms with van der Waals surface area (Å²) in [6.07, 6.45) is 0. The highest BCUT2D eigenvalue weighted by molar-refractivity contribution is 6.05. The summed E-state index contributed by atoms with van der Waals surface area (Å²) < 4.78 is 0. The molecule has 4 heteroatoms. The third-order valence-electron chi connectivity index (χ3n) is 3.00. The predicted octanol–water partition coefficient (Wildman–Crippen LogP) is 3.16. The smallest absolute Gasteiger partial charge is 0.255 e. The van der Waals surface area contributed by atoms with E-state index in [4.69, 9.17) is 0 Å². The minimum Gasteiger partial charge on any atom is -0.508 e. The van der Waals surface area contributed by atoms with Gasteiger partial charge in [0.2, 0.25) is 0 Å².